The van der Waals surface area contributed by atoms with Gasteiger partial charge in [0, 0.05) is 16.9 Å². The summed E-state index contributed by atoms with van der Waals surface area (Å²) in [6, 6.07) is 0. The highest BCUT2D eigenvalue weighted by molar-refractivity contribution is 5.91. The van der Waals surface area contributed by atoms with E-state index in [1.54, 1.807) is 0 Å². The fourth-order valence-electron chi connectivity index (χ4n) is 4.26. The molecule has 0 spiro atoms. The summed E-state index contributed by atoms with van der Waals surface area (Å²) in [6.45, 7) is 9.77. The first-order valence-corrected chi connectivity index (χ1v) is 6.80. The Morgan fingerprint density at radius 1 is 1.37 bits per heavy atom. The molecule has 4 heteroatoms. The number of carbonyl (C=O) groups excluding carboxylic acids is 1. The highest BCUT2D eigenvalue weighted by atomic mass is 16.6. The Kier molecular flexibility index (Phi) is 2.67. The fourth-order valence-corrected chi connectivity index (χ4v) is 4.26. The molecule has 6 atom stereocenters. The zero-order valence-electron chi connectivity index (χ0n) is 11.1. The van der Waals surface area contributed by atoms with E-state index in [1.807, 2.05) is 6.92 Å². The molecule has 19 heavy (non-hydrogen) atoms. The van der Waals surface area contributed by atoms with Gasteiger partial charge in [0.05, 0.1) is 18.1 Å². The van der Waals surface area contributed by atoms with Crippen molar-refractivity contribution >= 4 is 5.97 Å². The van der Waals surface area contributed by atoms with Crippen LogP contribution in [0, 0.1) is 17.3 Å². The Balaban J connectivity index is 2.02. The number of rotatable bonds is 0. The summed E-state index contributed by atoms with van der Waals surface area (Å²) in [7, 11) is 0. The molecule has 3 aliphatic rings. The Bertz CT molecular complexity index is 469. The van der Waals surface area contributed by atoms with E-state index in [4.69, 9.17) is 4.74 Å². The number of ether oxygens (including phenoxy) is 1. The molecule has 0 aromatic heterocycles. The summed E-state index contributed by atoms with van der Waals surface area (Å²) >= 11 is 0. The maximum atomic E-state index is 11.6. The van der Waals surface area contributed by atoms with E-state index in [0.717, 1.165) is 12.0 Å². The first-order valence-electron chi connectivity index (χ1n) is 6.80. The lowest BCUT2D eigenvalue weighted by Gasteiger charge is -2.54. The Morgan fingerprint density at radius 2 is 2.05 bits per heavy atom. The van der Waals surface area contributed by atoms with Crippen molar-refractivity contribution in [1.82, 2.24) is 0 Å². The summed E-state index contributed by atoms with van der Waals surface area (Å²) in [5.74, 6) is -0.965. The van der Waals surface area contributed by atoms with Crippen molar-refractivity contribution in [3.8, 4) is 0 Å². The number of hydrogen-bond donors (Lipinski definition) is 2. The van der Waals surface area contributed by atoms with Crippen molar-refractivity contribution in [1.29, 1.82) is 0 Å². The largest absolute Gasteiger partial charge is 0.458 e. The molecule has 2 saturated carbocycles. The lowest BCUT2D eigenvalue weighted by molar-refractivity contribution is -0.157. The van der Waals surface area contributed by atoms with Crippen molar-refractivity contribution in [2.45, 2.75) is 44.5 Å². The molecule has 104 valence electrons. The molecular weight excluding hydrogens is 244 g/mol. The van der Waals surface area contributed by atoms with Crippen LogP contribution < -0.4 is 0 Å². The van der Waals surface area contributed by atoms with Crippen LogP contribution in [-0.2, 0) is 9.53 Å². The quantitative estimate of drug-likeness (QED) is 0.392. The second-order valence-electron chi connectivity index (χ2n) is 6.39. The average molecular weight is 264 g/mol. The van der Waals surface area contributed by atoms with Gasteiger partial charge in [-0.25, -0.2) is 4.79 Å². The first-order chi connectivity index (χ1) is 8.86. The molecule has 0 bridgehead atoms. The summed E-state index contributed by atoms with van der Waals surface area (Å²) in [4.78, 5) is 11.6. The van der Waals surface area contributed by atoms with Gasteiger partial charge in [0.1, 0.15) is 6.10 Å². The SMILES string of the molecule is C=C1C(=O)O[C@H]2C[C@@]3(C)[C@H](O)CCC(=C)[C@@H]3[C@@H](O)[C@@H]12. The molecule has 0 aromatic carbocycles. The molecule has 0 aromatic rings. The van der Waals surface area contributed by atoms with E-state index < -0.39 is 23.6 Å². The molecule has 0 amide bonds. The molecule has 1 heterocycles. The average Bonchev–Trinajstić information content (AvgIpc) is 2.60. The molecule has 0 radical (unpaired) electrons. The van der Waals surface area contributed by atoms with Crippen molar-refractivity contribution in [2.75, 3.05) is 0 Å². The number of aliphatic hydroxyl groups is 2. The van der Waals surface area contributed by atoms with Gasteiger partial charge in [0.2, 0.25) is 0 Å². The topological polar surface area (TPSA) is 66.8 Å². The van der Waals surface area contributed by atoms with E-state index in [0.29, 0.717) is 18.4 Å². The summed E-state index contributed by atoms with van der Waals surface area (Å²) < 4.78 is 5.31. The van der Waals surface area contributed by atoms with Crippen molar-refractivity contribution in [3.05, 3.63) is 24.3 Å². The van der Waals surface area contributed by atoms with Crippen LogP contribution in [0.15, 0.2) is 24.3 Å². The number of esters is 1. The van der Waals surface area contributed by atoms with Crippen LogP contribution in [0.3, 0.4) is 0 Å². The van der Waals surface area contributed by atoms with Gasteiger partial charge in [-0.2, -0.15) is 0 Å². The molecule has 2 aliphatic carbocycles. The zero-order valence-corrected chi connectivity index (χ0v) is 11.1. The molecule has 2 N–H and O–H groups in total. The summed E-state index contributed by atoms with van der Waals surface area (Å²) in [6.07, 6.45) is 0.333. The zero-order chi connectivity index (χ0) is 13.9. The van der Waals surface area contributed by atoms with Crippen molar-refractivity contribution in [2.24, 2.45) is 17.3 Å². The van der Waals surface area contributed by atoms with Gasteiger partial charge in [-0.1, -0.05) is 25.7 Å². The molecule has 3 rings (SSSR count). The maximum absolute atomic E-state index is 11.6. The Morgan fingerprint density at radius 3 is 2.74 bits per heavy atom. The third kappa shape index (κ3) is 1.56. The predicted octanol–water partition coefficient (Wildman–Crippen LogP) is 1.18. The smallest absolute Gasteiger partial charge is 0.334 e. The van der Waals surface area contributed by atoms with Crippen LogP contribution in [0.5, 0.6) is 0 Å². The number of fused-ring (bicyclic) bond motifs is 2. The van der Waals surface area contributed by atoms with Crippen LogP contribution in [0.4, 0.5) is 0 Å². The van der Waals surface area contributed by atoms with E-state index in [9.17, 15) is 15.0 Å². The van der Waals surface area contributed by atoms with E-state index >= 15 is 0 Å². The number of hydrogen-bond acceptors (Lipinski definition) is 4. The van der Waals surface area contributed by atoms with Crippen LogP contribution in [0.2, 0.25) is 0 Å². The van der Waals surface area contributed by atoms with Crippen molar-refractivity contribution in [3.63, 3.8) is 0 Å². The summed E-state index contributed by atoms with van der Waals surface area (Å²) in [5, 5.41) is 21.0. The van der Waals surface area contributed by atoms with Gasteiger partial charge in [0.25, 0.3) is 0 Å². The van der Waals surface area contributed by atoms with Crippen LogP contribution >= 0.6 is 0 Å². The van der Waals surface area contributed by atoms with Gasteiger partial charge in [-0.15, -0.1) is 0 Å². The number of carbonyl (C=O) groups is 1. The minimum Gasteiger partial charge on any atom is -0.458 e. The highest BCUT2D eigenvalue weighted by Crippen LogP contribution is 2.56. The van der Waals surface area contributed by atoms with Gasteiger partial charge in [-0.3, -0.25) is 0 Å². The van der Waals surface area contributed by atoms with Gasteiger partial charge >= 0.3 is 5.97 Å². The van der Waals surface area contributed by atoms with Gasteiger partial charge < -0.3 is 14.9 Å². The number of aliphatic hydroxyl groups excluding tert-OH is 2. The third-order valence-corrected chi connectivity index (χ3v) is 5.32. The van der Waals surface area contributed by atoms with Crippen LogP contribution in [-0.4, -0.2) is 34.5 Å². The van der Waals surface area contributed by atoms with Gasteiger partial charge in [-0.05, 0) is 19.3 Å². The van der Waals surface area contributed by atoms with E-state index in [1.165, 1.54) is 0 Å². The van der Waals surface area contributed by atoms with E-state index in [-0.39, 0.29) is 17.9 Å². The molecule has 3 fully saturated rings. The van der Waals surface area contributed by atoms with E-state index in [2.05, 4.69) is 13.2 Å². The monoisotopic (exact) mass is 264 g/mol. The maximum Gasteiger partial charge on any atom is 0.334 e. The summed E-state index contributed by atoms with van der Waals surface area (Å²) in [5.41, 5.74) is 0.846. The third-order valence-electron chi connectivity index (χ3n) is 5.32. The molecular formula is C15H20O4. The predicted molar refractivity (Wildman–Crippen MR) is 69.1 cm³/mol. The minimum atomic E-state index is -0.745. The lowest BCUT2D eigenvalue weighted by atomic mass is 9.53. The standard InChI is InChI=1S/C15H20O4/c1-7-4-5-10(16)15(3)6-9-11(13(17)12(7)15)8(2)14(18)19-9/h9-13,16-17H,1-2,4-6H2,3H3/t9-,10+,11-,12+,13-,15-/m0/s1. The molecule has 1 saturated heterocycles. The van der Waals surface area contributed by atoms with Crippen LogP contribution in [0.1, 0.15) is 26.2 Å². The highest BCUT2D eigenvalue weighted by Gasteiger charge is 2.60. The second kappa shape index (κ2) is 3.93. The normalized spacial score (nSPS) is 49.6. The van der Waals surface area contributed by atoms with Crippen molar-refractivity contribution < 1.29 is 19.7 Å². The Hall–Kier alpha value is -1.13. The molecule has 1 aliphatic heterocycles. The lowest BCUT2D eigenvalue weighted by Crippen LogP contribution is -2.57. The van der Waals surface area contributed by atoms with Gasteiger partial charge in [0.15, 0.2) is 0 Å². The second-order valence-corrected chi connectivity index (χ2v) is 6.39. The Labute approximate surface area is 112 Å². The minimum absolute atomic E-state index is 0.191. The first kappa shape index (κ1) is 12.9. The molecule has 0 unspecified atom stereocenters. The van der Waals surface area contributed by atoms with Crippen LogP contribution in [0.25, 0.3) is 0 Å². The fraction of sp³-hybridized carbons (Fsp3) is 0.667. The molecule has 4 nitrogen and oxygen atoms in total.